The van der Waals surface area contributed by atoms with E-state index in [1.807, 2.05) is 0 Å². The fourth-order valence-corrected chi connectivity index (χ4v) is 2.60. The number of nitrogens with zero attached hydrogens (tertiary/aromatic N) is 4. The van der Waals surface area contributed by atoms with E-state index < -0.39 is 29.7 Å². The number of amides is 3. The third-order valence-corrected chi connectivity index (χ3v) is 3.84. The number of hydrogen-bond acceptors (Lipinski definition) is 7. The molecule has 1 aromatic carbocycles. The van der Waals surface area contributed by atoms with Gasteiger partial charge in [0.05, 0.1) is 0 Å². The molecule has 162 valence electrons. The predicted molar refractivity (Wildman–Crippen MR) is 108 cm³/mol. The van der Waals surface area contributed by atoms with E-state index in [1.54, 1.807) is 58.9 Å². The van der Waals surface area contributed by atoms with E-state index in [1.165, 1.54) is 0 Å². The number of carboxylic acid groups (broad SMARTS) is 1. The third-order valence-electron chi connectivity index (χ3n) is 3.84. The Balaban J connectivity index is 2.26. The summed E-state index contributed by atoms with van der Waals surface area (Å²) in [5.74, 6) is -0.985. The summed E-state index contributed by atoms with van der Waals surface area (Å²) in [4.78, 5) is 38.0. The number of ether oxygens (including phenoxy) is 1. The van der Waals surface area contributed by atoms with Crippen LogP contribution in [0, 0.1) is 5.92 Å². The van der Waals surface area contributed by atoms with Crippen LogP contribution >= 0.6 is 0 Å². The van der Waals surface area contributed by atoms with Crippen molar-refractivity contribution in [1.82, 2.24) is 25.5 Å². The van der Waals surface area contributed by atoms with Gasteiger partial charge in [-0.15, -0.1) is 10.2 Å². The highest BCUT2D eigenvalue weighted by molar-refractivity contribution is 6.02. The number of carbonyl (C=O) groups excluding carboxylic acids is 2. The molecule has 0 radical (unpaired) electrons. The van der Waals surface area contributed by atoms with Crippen LogP contribution in [0.3, 0.4) is 0 Å². The van der Waals surface area contributed by atoms with E-state index in [-0.39, 0.29) is 12.3 Å². The van der Waals surface area contributed by atoms with Crippen molar-refractivity contribution in [1.29, 1.82) is 0 Å². The Kier molecular flexibility index (Phi) is 7.09. The van der Waals surface area contributed by atoms with Crippen LogP contribution in [0.1, 0.15) is 41.0 Å². The van der Waals surface area contributed by atoms with Gasteiger partial charge in [-0.25, -0.2) is 19.3 Å². The molecule has 0 aliphatic carbocycles. The summed E-state index contributed by atoms with van der Waals surface area (Å²) in [6.07, 6.45) is -0.949. The smallest absolute Gasteiger partial charge is 0.419 e. The summed E-state index contributed by atoms with van der Waals surface area (Å²) in [6.45, 7) is 8.51. The van der Waals surface area contributed by atoms with Crippen molar-refractivity contribution in [2.45, 2.75) is 52.7 Å². The number of H-pyrrole nitrogens is 1. The summed E-state index contributed by atoms with van der Waals surface area (Å²) in [5, 5.41) is 25.7. The molecule has 30 heavy (non-hydrogen) atoms. The van der Waals surface area contributed by atoms with Gasteiger partial charge in [-0.05, 0) is 62.6 Å². The topological polar surface area (TPSA) is 150 Å². The Morgan fingerprint density at radius 1 is 1.20 bits per heavy atom. The number of anilines is 1. The SMILES string of the molecule is CC(C)C[C@@H](C(=O)O)N(C(=O)Nc1ccc(-c2nn[nH]n2)cc1)C(=O)OC(C)(C)C. The first kappa shape index (κ1) is 22.8. The number of benzene rings is 1. The van der Waals surface area contributed by atoms with Gasteiger partial charge in [-0.2, -0.15) is 5.21 Å². The molecule has 1 aromatic heterocycles. The molecule has 0 fully saturated rings. The van der Waals surface area contributed by atoms with Gasteiger partial charge in [0.25, 0.3) is 0 Å². The highest BCUT2D eigenvalue weighted by atomic mass is 16.6. The average Bonchev–Trinajstić information content (AvgIpc) is 3.14. The number of urea groups is 1. The minimum Gasteiger partial charge on any atom is -0.480 e. The van der Waals surface area contributed by atoms with Gasteiger partial charge in [0.2, 0.25) is 5.82 Å². The van der Waals surface area contributed by atoms with Crippen molar-refractivity contribution in [3.63, 3.8) is 0 Å². The molecule has 1 heterocycles. The van der Waals surface area contributed by atoms with E-state index in [0.29, 0.717) is 22.0 Å². The van der Waals surface area contributed by atoms with Crippen LogP contribution in [-0.4, -0.2) is 60.4 Å². The van der Waals surface area contributed by atoms with Crippen molar-refractivity contribution in [2.24, 2.45) is 5.92 Å². The summed E-state index contributed by atoms with van der Waals surface area (Å²) in [6, 6.07) is 4.19. The molecule has 0 aliphatic rings. The molecule has 3 N–H and O–H groups in total. The lowest BCUT2D eigenvalue weighted by molar-refractivity contribution is -0.142. The van der Waals surface area contributed by atoms with Gasteiger partial charge in [-0.3, -0.25) is 0 Å². The summed E-state index contributed by atoms with van der Waals surface area (Å²) >= 11 is 0. The zero-order valence-electron chi connectivity index (χ0n) is 17.5. The predicted octanol–water partition coefficient (Wildman–Crippen LogP) is 3.14. The van der Waals surface area contributed by atoms with Crippen molar-refractivity contribution >= 4 is 23.8 Å². The second-order valence-corrected chi connectivity index (χ2v) is 8.08. The van der Waals surface area contributed by atoms with Crippen molar-refractivity contribution in [2.75, 3.05) is 5.32 Å². The van der Waals surface area contributed by atoms with Crippen LogP contribution in [0.5, 0.6) is 0 Å². The van der Waals surface area contributed by atoms with Gasteiger partial charge in [-0.1, -0.05) is 13.8 Å². The van der Waals surface area contributed by atoms with Crippen LogP contribution in [-0.2, 0) is 9.53 Å². The number of imide groups is 1. The van der Waals surface area contributed by atoms with Crippen LogP contribution in [0.4, 0.5) is 15.3 Å². The number of rotatable bonds is 6. The van der Waals surface area contributed by atoms with Crippen molar-refractivity contribution in [3.8, 4) is 11.4 Å². The normalized spacial score (nSPS) is 12.3. The Morgan fingerprint density at radius 3 is 2.30 bits per heavy atom. The Labute approximate surface area is 173 Å². The summed E-state index contributed by atoms with van der Waals surface area (Å²) < 4.78 is 5.28. The molecule has 11 nitrogen and oxygen atoms in total. The number of aromatic nitrogens is 4. The molecule has 11 heteroatoms. The molecule has 3 amide bonds. The lowest BCUT2D eigenvalue weighted by atomic mass is 10.0. The minimum absolute atomic E-state index is 0.0712. The number of carbonyl (C=O) groups is 3. The Hall–Kier alpha value is -3.50. The number of nitrogens with one attached hydrogen (secondary N) is 2. The highest BCUT2D eigenvalue weighted by Gasteiger charge is 2.38. The monoisotopic (exact) mass is 418 g/mol. The molecular weight excluding hydrogens is 392 g/mol. The lowest BCUT2D eigenvalue weighted by Gasteiger charge is -2.30. The highest BCUT2D eigenvalue weighted by Crippen LogP contribution is 2.21. The fraction of sp³-hybridized carbons (Fsp3) is 0.474. The number of aliphatic carboxylic acids is 1. The van der Waals surface area contributed by atoms with Gasteiger partial charge in [0, 0.05) is 11.3 Å². The van der Waals surface area contributed by atoms with Crippen molar-refractivity contribution < 1.29 is 24.2 Å². The van der Waals surface area contributed by atoms with E-state index >= 15 is 0 Å². The molecule has 0 spiro atoms. The summed E-state index contributed by atoms with van der Waals surface area (Å²) in [5.41, 5.74) is 0.117. The maximum atomic E-state index is 12.9. The molecule has 0 saturated carbocycles. The number of carboxylic acids is 1. The second-order valence-electron chi connectivity index (χ2n) is 8.08. The largest absolute Gasteiger partial charge is 0.480 e. The van der Waals surface area contributed by atoms with Gasteiger partial charge in [0.15, 0.2) is 0 Å². The van der Waals surface area contributed by atoms with E-state index in [4.69, 9.17) is 4.74 Å². The number of aromatic amines is 1. The quantitative estimate of drug-likeness (QED) is 0.647. The molecule has 2 rings (SSSR count). The van der Waals surface area contributed by atoms with Gasteiger partial charge in [0.1, 0.15) is 11.6 Å². The van der Waals surface area contributed by atoms with Gasteiger partial charge < -0.3 is 15.2 Å². The zero-order chi connectivity index (χ0) is 22.5. The van der Waals surface area contributed by atoms with Gasteiger partial charge >= 0.3 is 18.1 Å². The second kappa shape index (κ2) is 9.33. The molecule has 1 atom stereocenters. The van der Waals surface area contributed by atoms with E-state index in [2.05, 4.69) is 25.9 Å². The Bertz CT molecular complexity index is 874. The van der Waals surface area contributed by atoms with Crippen LogP contribution in [0.2, 0.25) is 0 Å². The molecule has 0 saturated heterocycles. The first-order valence-corrected chi connectivity index (χ1v) is 9.38. The fourth-order valence-electron chi connectivity index (χ4n) is 2.60. The average molecular weight is 418 g/mol. The first-order valence-electron chi connectivity index (χ1n) is 9.38. The Morgan fingerprint density at radius 2 is 1.83 bits per heavy atom. The number of hydrogen-bond donors (Lipinski definition) is 3. The molecular formula is C19H26N6O5. The molecule has 0 unspecified atom stereocenters. The molecule has 2 aromatic rings. The van der Waals surface area contributed by atoms with Crippen LogP contribution in [0.15, 0.2) is 24.3 Å². The zero-order valence-corrected chi connectivity index (χ0v) is 17.5. The van der Waals surface area contributed by atoms with Crippen LogP contribution in [0.25, 0.3) is 11.4 Å². The first-order chi connectivity index (χ1) is 14.0. The van der Waals surface area contributed by atoms with E-state index in [9.17, 15) is 19.5 Å². The maximum Gasteiger partial charge on any atom is 0.419 e. The third kappa shape index (κ3) is 6.26. The molecule has 0 bridgehead atoms. The number of tetrazole rings is 1. The maximum absolute atomic E-state index is 12.9. The minimum atomic E-state index is -1.38. The van der Waals surface area contributed by atoms with Crippen molar-refractivity contribution in [3.05, 3.63) is 24.3 Å². The summed E-state index contributed by atoms with van der Waals surface area (Å²) in [7, 11) is 0. The standard InChI is InChI=1S/C19H26N6O5/c1-11(2)10-14(16(26)27)25(18(29)30-19(3,4)5)17(28)20-13-8-6-12(7-9-13)15-21-23-24-22-15/h6-9,11,14H,10H2,1-5H3,(H,20,28)(H,26,27)(H,21,22,23,24)/t14-/m0/s1. The lowest BCUT2D eigenvalue weighted by Crippen LogP contribution is -2.52. The molecule has 0 aliphatic heterocycles. The van der Waals surface area contributed by atoms with Crippen LogP contribution < -0.4 is 5.32 Å². The van der Waals surface area contributed by atoms with E-state index in [0.717, 1.165) is 0 Å².